The Kier molecular flexibility index (Phi) is 6.15. The molecule has 3 heteroatoms. The second kappa shape index (κ2) is 7.88. The van der Waals surface area contributed by atoms with E-state index >= 15 is 0 Å². The maximum absolute atomic E-state index is 6.41. The van der Waals surface area contributed by atoms with Crippen LogP contribution in [0.15, 0.2) is 24.3 Å². The lowest BCUT2D eigenvalue weighted by atomic mass is 9.98. The van der Waals surface area contributed by atoms with Gasteiger partial charge in [-0.3, -0.25) is 4.90 Å². The molecule has 0 aliphatic carbocycles. The van der Waals surface area contributed by atoms with Gasteiger partial charge in [-0.2, -0.15) is 0 Å². The number of piperazine rings is 1. The second-order valence-corrected chi connectivity index (χ2v) is 5.73. The average molecular weight is 281 g/mol. The molecule has 0 radical (unpaired) electrons. The molecule has 0 amide bonds. The quantitative estimate of drug-likeness (QED) is 0.796. The van der Waals surface area contributed by atoms with E-state index in [1.54, 1.807) is 0 Å². The number of nitrogens with one attached hydrogen (secondary N) is 1. The van der Waals surface area contributed by atoms with Crippen molar-refractivity contribution in [3.8, 4) is 0 Å². The molecular formula is C16H25ClN2. The molecular weight excluding hydrogens is 256 g/mol. The van der Waals surface area contributed by atoms with E-state index in [4.69, 9.17) is 11.6 Å². The van der Waals surface area contributed by atoms with Crippen molar-refractivity contribution < 1.29 is 0 Å². The first-order chi connectivity index (χ1) is 9.33. The Labute approximate surface area is 122 Å². The van der Waals surface area contributed by atoms with Crippen molar-refractivity contribution in [3.05, 3.63) is 34.9 Å². The fraction of sp³-hybridized carbons (Fsp3) is 0.625. The predicted octanol–water partition coefficient (Wildman–Crippen LogP) is 3.87. The lowest BCUT2D eigenvalue weighted by Gasteiger charge is -2.35. The monoisotopic (exact) mass is 280 g/mol. The van der Waals surface area contributed by atoms with E-state index in [0.29, 0.717) is 6.04 Å². The van der Waals surface area contributed by atoms with Gasteiger partial charge >= 0.3 is 0 Å². The molecule has 1 aliphatic rings. The molecule has 1 atom stereocenters. The van der Waals surface area contributed by atoms with Crippen LogP contribution >= 0.6 is 11.6 Å². The smallest absolute Gasteiger partial charge is 0.0453 e. The molecule has 1 aliphatic heterocycles. The molecule has 1 heterocycles. The molecule has 0 unspecified atom stereocenters. The number of hydrogen-bond acceptors (Lipinski definition) is 2. The van der Waals surface area contributed by atoms with Crippen LogP contribution in [0.2, 0.25) is 5.02 Å². The largest absolute Gasteiger partial charge is 0.314 e. The number of unbranched alkanes of at least 4 members (excludes halogenated alkanes) is 2. The highest BCUT2D eigenvalue weighted by Gasteiger charge is 2.23. The third-order valence-electron chi connectivity index (χ3n) is 3.94. The summed E-state index contributed by atoms with van der Waals surface area (Å²) in [5, 5.41) is 4.35. The summed E-state index contributed by atoms with van der Waals surface area (Å²) in [6.45, 7) is 6.70. The molecule has 2 rings (SSSR count). The molecule has 106 valence electrons. The Morgan fingerprint density at radius 3 is 2.63 bits per heavy atom. The number of nitrogens with zero attached hydrogens (tertiary/aromatic N) is 1. The molecule has 1 N–H and O–H groups in total. The van der Waals surface area contributed by atoms with Crippen LogP contribution in [0.25, 0.3) is 0 Å². The van der Waals surface area contributed by atoms with Crippen LogP contribution in [0, 0.1) is 0 Å². The van der Waals surface area contributed by atoms with Crippen LogP contribution in [0.4, 0.5) is 0 Å². The third-order valence-corrected chi connectivity index (χ3v) is 4.28. The predicted molar refractivity (Wildman–Crippen MR) is 82.8 cm³/mol. The van der Waals surface area contributed by atoms with Gasteiger partial charge < -0.3 is 5.32 Å². The van der Waals surface area contributed by atoms with Gasteiger partial charge in [-0.15, -0.1) is 0 Å². The zero-order valence-corrected chi connectivity index (χ0v) is 12.6. The summed E-state index contributed by atoms with van der Waals surface area (Å²) in [7, 11) is 0. The van der Waals surface area contributed by atoms with Crippen molar-refractivity contribution in [1.29, 1.82) is 0 Å². The van der Waals surface area contributed by atoms with Gasteiger partial charge in [0.2, 0.25) is 0 Å². The highest BCUT2D eigenvalue weighted by atomic mass is 35.5. The highest BCUT2D eigenvalue weighted by molar-refractivity contribution is 6.31. The van der Waals surface area contributed by atoms with Gasteiger partial charge in [0, 0.05) is 37.2 Å². The average Bonchev–Trinajstić information content (AvgIpc) is 2.46. The van der Waals surface area contributed by atoms with Crippen LogP contribution < -0.4 is 5.32 Å². The minimum absolute atomic E-state index is 0.488. The Balaban J connectivity index is 2.10. The molecule has 19 heavy (non-hydrogen) atoms. The van der Waals surface area contributed by atoms with Gasteiger partial charge in [-0.25, -0.2) is 0 Å². The zero-order chi connectivity index (χ0) is 13.5. The zero-order valence-electron chi connectivity index (χ0n) is 11.9. The first kappa shape index (κ1) is 14.8. The van der Waals surface area contributed by atoms with Crippen molar-refractivity contribution in [2.45, 2.75) is 38.6 Å². The highest BCUT2D eigenvalue weighted by Crippen LogP contribution is 2.31. The van der Waals surface area contributed by atoms with Crippen LogP contribution in [0.5, 0.6) is 0 Å². The van der Waals surface area contributed by atoms with E-state index in [2.05, 4.69) is 29.3 Å². The molecule has 0 saturated carbocycles. The summed E-state index contributed by atoms with van der Waals surface area (Å²) in [5.74, 6) is 0. The van der Waals surface area contributed by atoms with Crippen LogP contribution in [0.1, 0.15) is 44.2 Å². The molecule has 2 nitrogen and oxygen atoms in total. The van der Waals surface area contributed by atoms with Crippen molar-refractivity contribution >= 4 is 11.6 Å². The number of benzene rings is 1. The molecule has 0 bridgehead atoms. The van der Waals surface area contributed by atoms with E-state index in [-0.39, 0.29) is 0 Å². The Morgan fingerprint density at radius 1 is 1.21 bits per heavy atom. The molecule has 1 saturated heterocycles. The lowest BCUT2D eigenvalue weighted by Crippen LogP contribution is -2.45. The number of hydrogen-bond donors (Lipinski definition) is 1. The van der Waals surface area contributed by atoms with E-state index in [0.717, 1.165) is 31.2 Å². The van der Waals surface area contributed by atoms with Crippen molar-refractivity contribution in [2.75, 3.05) is 26.2 Å². The molecule has 1 fully saturated rings. The first-order valence-electron chi connectivity index (χ1n) is 7.52. The van der Waals surface area contributed by atoms with Crippen molar-refractivity contribution in [3.63, 3.8) is 0 Å². The maximum atomic E-state index is 6.41. The van der Waals surface area contributed by atoms with Gasteiger partial charge in [0.05, 0.1) is 0 Å². The Bertz CT molecular complexity index is 375. The second-order valence-electron chi connectivity index (χ2n) is 5.32. The summed E-state index contributed by atoms with van der Waals surface area (Å²) in [5.41, 5.74) is 1.31. The maximum Gasteiger partial charge on any atom is 0.0453 e. The fourth-order valence-corrected chi connectivity index (χ4v) is 3.12. The minimum atomic E-state index is 0.488. The van der Waals surface area contributed by atoms with Crippen LogP contribution in [-0.4, -0.2) is 31.1 Å². The van der Waals surface area contributed by atoms with E-state index in [9.17, 15) is 0 Å². The van der Waals surface area contributed by atoms with E-state index in [1.807, 2.05) is 12.1 Å². The summed E-state index contributed by atoms with van der Waals surface area (Å²) in [6, 6.07) is 8.83. The van der Waals surface area contributed by atoms with Gasteiger partial charge in [0.25, 0.3) is 0 Å². The van der Waals surface area contributed by atoms with Gasteiger partial charge in [-0.05, 0) is 18.1 Å². The standard InChI is InChI=1S/C16H25ClN2/c1-2-3-4-9-16(19-12-10-18-11-13-19)14-7-5-6-8-15(14)17/h5-8,16,18H,2-4,9-13H2,1H3/t16-/m1/s1. The van der Waals surface area contributed by atoms with Gasteiger partial charge in [0.15, 0.2) is 0 Å². The number of halogens is 1. The lowest BCUT2D eigenvalue weighted by molar-refractivity contribution is 0.163. The van der Waals surface area contributed by atoms with Crippen molar-refractivity contribution in [1.82, 2.24) is 10.2 Å². The summed E-state index contributed by atoms with van der Waals surface area (Å²) >= 11 is 6.41. The van der Waals surface area contributed by atoms with Gasteiger partial charge in [-0.1, -0.05) is 56.0 Å². The molecule has 0 aromatic heterocycles. The first-order valence-corrected chi connectivity index (χ1v) is 7.90. The summed E-state index contributed by atoms with van der Waals surface area (Å²) < 4.78 is 0. The van der Waals surface area contributed by atoms with Crippen LogP contribution in [0.3, 0.4) is 0 Å². The Morgan fingerprint density at radius 2 is 1.95 bits per heavy atom. The van der Waals surface area contributed by atoms with E-state index in [1.165, 1.54) is 31.2 Å². The molecule has 1 aromatic rings. The van der Waals surface area contributed by atoms with Crippen LogP contribution in [-0.2, 0) is 0 Å². The third kappa shape index (κ3) is 4.20. The summed E-state index contributed by atoms with van der Waals surface area (Å²) in [4.78, 5) is 2.59. The summed E-state index contributed by atoms with van der Waals surface area (Å²) in [6.07, 6.45) is 5.09. The topological polar surface area (TPSA) is 15.3 Å². The van der Waals surface area contributed by atoms with E-state index < -0.39 is 0 Å². The molecule has 1 aromatic carbocycles. The van der Waals surface area contributed by atoms with Gasteiger partial charge in [0.1, 0.15) is 0 Å². The normalized spacial score (nSPS) is 18.4. The van der Waals surface area contributed by atoms with Crippen molar-refractivity contribution in [2.24, 2.45) is 0 Å². The number of rotatable bonds is 6. The molecule has 0 spiro atoms. The SMILES string of the molecule is CCCCC[C@H](c1ccccc1Cl)N1CCNCC1. The Hall–Kier alpha value is -0.570. The fourth-order valence-electron chi connectivity index (χ4n) is 2.86. The minimum Gasteiger partial charge on any atom is -0.314 e.